The summed E-state index contributed by atoms with van der Waals surface area (Å²) in [7, 11) is 0. The maximum Gasteiger partial charge on any atom is 0.0624 e. The number of hydrogen-bond donors (Lipinski definition) is 0. The molecule has 2 heteroatoms. The van der Waals surface area contributed by atoms with Crippen molar-refractivity contribution in [2.75, 3.05) is 0 Å². The molecule has 1 aliphatic rings. The van der Waals surface area contributed by atoms with E-state index in [0.29, 0.717) is 5.57 Å². The Hall–Kier alpha value is -0.422. The van der Waals surface area contributed by atoms with Crippen molar-refractivity contribution in [1.82, 2.24) is 0 Å². The number of hydrogen-bond acceptors (Lipinski definition) is 1. The van der Waals surface area contributed by atoms with Gasteiger partial charge in [0.1, 0.15) is 0 Å². The van der Waals surface area contributed by atoms with Crippen LogP contribution in [0.4, 0.5) is 0 Å². The number of allylic oxidation sites excluding steroid dienone is 5. The minimum Gasteiger partial charge on any atom is -0.376 e. The van der Waals surface area contributed by atoms with E-state index >= 15 is 0 Å². The second kappa shape index (κ2) is 8.67. The van der Waals surface area contributed by atoms with Crippen molar-refractivity contribution in [3.63, 3.8) is 0 Å². The minimum atomic E-state index is 0. The summed E-state index contributed by atoms with van der Waals surface area (Å²) in [5, 5.41) is 0. The molecule has 0 aromatic carbocycles. The van der Waals surface area contributed by atoms with E-state index in [4.69, 9.17) is 0 Å². The molecule has 1 aliphatic carbocycles. The SMILES string of the molecule is C=C([C-]=O)C1=CC=CC1.[CH3-].[CH3-].[Pt]. The fraction of sp³-hybridized carbons (Fsp3) is 0.100. The van der Waals surface area contributed by atoms with Crippen molar-refractivity contribution >= 4 is 6.29 Å². The molecule has 12 heavy (non-hydrogen) atoms. The van der Waals surface area contributed by atoms with Crippen LogP contribution in [0.2, 0.25) is 0 Å². The average Bonchev–Trinajstić information content (AvgIpc) is 2.37. The topological polar surface area (TPSA) is 17.1 Å². The van der Waals surface area contributed by atoms with Gasteiger partial charge in [0.15, 0.2) is 0 Å². The fourth-order valence-corrected chi connectivity index (χ4v) is 0.737. The molecule has 0 spiro atoms. The molecular formula is C10H13OPt-3. The standard InChI is InChI=1S/C8H7O.2CH3.Pt/c1-7(6-9)8-4-2-3-5-8;;;/h2-4H,1,5H2;2*1H3;/q3*-1;. The van der Waals surface area contributed by atoms with Gasteiger partial charge in [-0.25, -0.2) is 0 Å². The zero-order valence-electron chi connectivity index (χ0n) is 7.37. The van der Waals surface area contributed by atoms with Crippen LogP contribution in [-0.4, -0.2) is 6.29 Å². The third kappa shape index (κ3) is 4.46. The van der Waals surface area contributed by atoms with Crippen LogP contribution in [0.1, 0.15) is 6.42 Å². The molecule has 0 aromatic heterocycles. The van der Waals surface area contributed by atoms with E-state index in [9.17, 15) is 4.79 Å². The van der Waals surface area contributed by atoms with Gasteiger partial charge < -0.3 is 19.6 Å². The zero-order valence-corrected chi connectivity index (χ0v) is 9.64. The summed E-state index contributed by atoms with van der Waals surface area (Å²) in [4.78, 5) is 10.00. The summed E-state index contributed by atoms with van der Waals surface area (Å²) in [6.45, 7) is 3.52. The molecule has 1 rings (SSSR count). The van der Waals surface area contributed by atoms with Crippen molar-refractivity contribution in [2.24, 2.45) is 0 Å². The van der Waals surface area contributed by atoms with Gasteiger partial charge in [-0.1, -0.05) is 18.6 Å². The van der Waals surface area contributed by atoms with Gasteiger partial charge in [-0.2, -0.15) is 12.2 Å². The Morgan fingerprint density at radius 3 is 2.42 bits per heavy atom. The third-order valence-corrected chi connectivity index (χ3v) is 1.28. The van der Waals surface area contributed by atoms with Gasteiger partial charge in [0.05, 0.1) is 6.29 Å². The van der Waals surface area contributed by atoms with Crippen LogP contribution in [0.15, 0.2) is 36.0 Å². The molecule has 0 N–H and O–H groups in total. The summed E-state index contributed by atoms with van der Waals surface area (Å²) < 4.78 is 0. The first kappa shape index (κ1) is 17.6. The molecule has 0 aromatic rings. The molecule has 1 nitrogen and oxygen atoms in total. The Balaban J connectivity index is -0.000000270. The normalized spacial score (nSPS) is 11.5. The molecule has 0 saturated heterocycles. The second-order valence-electron chi connectivity index (χ2n) is 1.90. The average molecular weight is 344 g/mol. The van der Waals surface area contributed by atoms with Crippen LogP contribution in [-0.2, 0) is 25.9 Å². The Labute approximate surface area is 89.5 Å². The van der Waals surface area contributed by atoms with Gasteiger partial charge in [0.25, 0.3) is 0 Å². The Morgan fingerprint density at radius 1 is 1.50 bits per heavy atom. The van der Waals surface area contributed by atoms with Crippen molar-refractivity contribution in [3.05, 3.63) is 50.8 Å². The van der Waals surface area contributed by atoms with Crippen LogP contribution in [0, 0.1) is 14.9 Å². The third-order valence-electron chi connectivity index (χ3n) is 1.28. The maximum atomic E-state index is 10.00. The predicted octanol–water partition coefficient (Wildman–Crippen LogP) is 2.44. The molecule has 0 atom stereocenters. The first-order chi connectivity index (χ1) is 4.34. The molecule has 0 saturated carbocycles. The maximum absolute atomic E-state index is 10.00. The molecule has 72 valence electrons. The molecule has 0 aliphatic heterocycles. The number of carbonyl (C=O) groups excluding carboxylic acids is 1. The summed E-state index contributed by atoms with van der Waals surface area (Å²) >= 11 is 0. The predicted molar refractivity (Wildman–Crippen MR) is 49.5 cm³/mol. The number of rotatable bonds is 2. The summed E-state index contributed by atoms with van der Waals surface area (Å²) in [5.41, 5.74) is 1.45. The molecule has 0 fully saturated rings. The molecule has 0 amide bonds. The molecule has 0 heterocycles. The summed E-state index contributed by atoms with van der Waals surface area (Å²) in [6, 6.07) is 0. The Bertz CT molecular complexity index is 202. The quantitative estimate of drug-likeness (QED) is 0.556. The summed E-state index contributed by atoms with van der Waals surface area (Å²) in [6.07, 6.45) is 8.36. The van der Waals surface area contributed by atoms with Gasteiger partial charge >= 0.3 is 0 Å². The molecule has 0 unspecified atom stereocenters. The van der Waals surface area contributed by atoms with Gasteiger partial charge in [0.2, 0.25) is 0 Å². The van der Waals surface area contributed by atoms with Crippen LogP contribution in [0.25, 0.3) is 0 Å². The van der Waals surface area contributed by atoms with Crippen LogP contribution in [0.3, 0.4) is 0 Å². The molecule has 0 bridgehead atoms. The smallest absolute Gasteiger partial charge is 0.0624 e. The van der Waals surface area contributed by atoms with E-state index in [1.807, 2.05) is 18.2 Å². The van der Waals surface area contributed by atoms with Gasteiger partial charge in [-0.05, 0) is 0 Å². The van der Waals surface area contributed by atoms with E-state index in [0.717, 1.165) is 12.0 Å². The van der Waals surface area contributed by atoms with Gasteiger partial charge in [-0.3, -0.25) is 0 Å². The van der Waals surface area contributed by atoms with E-state index in [1.165, 1.54) is 0 Å². The van der Waals surface area contributed by atoms with E-state index < -0.39 is 0 Å². The van der Waals surface area contributed by atoms with Crippen LogP contribution < -0.4 is 0 Å². The van der Waals surface area contributed by atoms with Crippen molar-refractivity contribution in [3.8, 4) is 0 Å². The fourth-order valence-electron chi connectivity index (χ4n) is 0.737. The first-order valence-electron chi connectivity index (χ1n) is 2.77. The Morgan fingerprint density at radius 2 is 2.08 bits per heavy atom. The van der Waals surface area contributed by atoms with Crippen molar-refractivity contribution in [1.29, 1.82) is 0 Å². The first-order valence-corrected chi connectivity index (χ1v) is 2.77. The zero-order chi connectivity index (χ0) is 6.69. The largest absolute Gasteiger partial charge is 0.376 e. The Kier molecular flexibility index (Phi) is 12.7. The van der Waals surface area contributed by atoms with E-state index in [1.54, 1.807) is 6.29 Å². The molecule has 0 radical (unpaired) electrons. The van der Waals surface area contributed by atoms with Gasteiger partial charge in [0, 0.05) is 21.1 Å². The second-order valence-corrected chi connectivity index (χ2v) is 1.90. The van der Waals surface area contributed by atoms with Crippen molar-refractivity contribution in [2.45, 2.75) is 6.42 Å². The van der Waals surface area contributed by atoms with Crippen molar-refractivity contribution < 1.29 is 25.9 Å². The van der Waals surface area contributed by atoms with Crippen LogP contribution >= 0.6 is 0 Å². The van der Waals surface area contributed by atoms with E-state index in [-0.39, 0.29) is 35.9 Å². The van der Waals surface area contributed by atoms with Crippen LogP contribution in [0.5, 0.6) is 0 Å². The van der Waals surface area contributed by atoms with Gasteiger partial charge in [-0.15, -0.1) is 11.6 Å². The van der Waals surface area contributed by atoms with E-state index in [2.05, 4.69) is 6.58 Å². The monoisotopic (exact) mass is 344 g/mol. The minimum absolute atomic E-state index is 0. The molecular weight excluding hydrogens is 331 g/mol. The summed E-state index contributed by atoms with van der Waals surface area (Å²) in [5.74, 6) is 0.